The highest BCUT2D eigenvalue weighted by molar-refractivity contribution is 5.77. The molecule has 2 aromatic rings. The first-order chi connectivity index (χ1) is 13.2. The molecule has 0 radical (unpaired) electrons. The van der Waals surface area contributed by atoms with Crippen LogP contribution in [0.3, 0.4) is 0 Å². The molecule has 0 amide bonds. The van der Waals surface area contributed by atoms with E-state index in [0.717, 1.165) is 18.5 Å². The lowest BCUT2D eigenvalue weighted by Gasteiger charge is -2.39. The number of anilines is 1. The zero-order valence-electron chi connectivity index (χ0n) is 17.5. The van der Waals surface area contributed by atoms with Gasteiger partial charge in [-0.25, -0.2) is 0 Å². The summed E-state index contributed by atoms with van der Waals surface area (Å²) in [6.07, 6.45) is 3.49. The molecule has 148 valence electrons. The molecule has 1 aliphatic heterocycles. The van der Waals surface area contributed by atoms with Crippen molar-refractivity contribution in [3.8, 4) is 11.1 Å². The second kappa shape index (κ2) is 6.95. The van der Waals surface area contributed by atoms with Crippen LogP contribution in [0, 0.1) is 11.3 Å². The molecular weight excluding hydrogens is 346 g/mol. The summed E-state index contributed by atoms with van der Waals surface area (Å²) in [7, 11) is 0. The zero-order valence-corrected chi connectivity index (χ0v) is 17.5. The normalized spacial score (nSPS) is 18.7. The van der Waals surface area contributed by atoms with Gasteiger partial charge in [-0.15, -0.1) is 0 Å². The Kier molecular flexibility index (Phi) is 4.73. The molecule has 0 atom stereocenters. The Morgan fingerprint density at radius 1 is 1.18 bits per heavy atom. The number of carboxylic acid groups (broad SMARTS) is 1. The fourth-order valence-corrected chi connectivity index (χ4v) is 4.58. The van der Waals surface area contributed by atoms with E-state index < -0.39 is 5.97 Å². The highest BCUT2D eigenvalue weighted by Gasteiger charge is 2.33. The Morgan fingerprint density at radius 2 is 1.93 bits per heavy atom. The smallest absolute Gasteiger partial charge is 0.310 e. The van der Waals surface area contributed by atoms with Crippen LogP contribution in [0.15, 0.2) is 36.4 Å². The van der Waals surface area contributed by atoms with Gasteiger partial charge in [-0.3, -0.25) is 4.79 Å². The van der Waals surface area contributed by atoms with Crippen molar-refractivity contribution in [1.29, 1.82) is 0 Å². The minimum Gasteiger partial charge on any atom is -0.481 e. The second-order valence-electron chi connectivity index (χ2n) is 9.69. The van der Waals surface area contributed by atoms with Crippen LogP contribution in [0.2, 0.25) is 0 Å². The number of carbonyl (C=O) groups is 1. The van der Waals surface area contributed by atoms with E-state index in [1.807, 2.05) is 0 Å². The quantitative estimate of drug-likeness (QED) is 0.763. The molecule has 3 nitrogen and oxygen atoms in total. The van der Waals surface area contributed by atoms with Gasteiger partial charge in [0.2, 0.25) is 0 Å². The lowest BCUT2D eigenvalue weighted by atomic mass is 9.72. The van der Waals surface area contributed by atoms with Gasteiger partial charge in [0.1, 0.15) is 0 Å². The van der Waals surface area contributed by atoms with E-state index in [2.05, 4.69) is 69.0 Å². The first kappa shape index (κ1) is 19.0. The Bertz CT molecular complexity index is 907. The van der Waals surface area contributed by atoms with Crippen LogP contribution in [0.4, 0.5) is 5.69 Å². The molecule has 2 aliphatic rings. The third kappa shape index (κ3) is 3.55. The predicted molar refractivity (Wildman–Crippen MR) is 115 cm³/mol. The highest BCUT2D eigenvalue weighted by atomic mass is 16.4. The fraction of sp³-hybridized carbons (Fsp3) is 0.480. The van der Waals surface area contributed by atoms with Crippen molar-refractivity contribution < 1.29 is 9.90 Å². The summed E-state index contributed by atoms with van der Waals surface area (Å²) in [6.45, 7) is 10.5. The minimum absolute atomic E-state index is 0.233. The monoisotopic (exact) mass is 377 g/mol. The second-order valence-corrected chi connectivity index (χ2v) is 9.69. The molecule has 0 aromatic heterocycles. The van der Waals surface area contributed by atoms with E-state index in [1.165, 1.54) is 34.2 Å². The van der Waals surface area contributed by atoms with Gasteiger partial charge in [-0.1, -0.05) is 52.0 Å². The molecule has 28 heavy (non-hydrogen) atoms. The van der Waals surface area contributed by atoms with Crippen molar-refractivity contribution in [2.24, 2.45) is 11.3 Å². The number of nitrogens with zero attached hydrogens (tertiary/aromatic N) is 1. The first-order valence-electron chi connectivity index (χ1n) is 10.5. The van der Waals surface area contributed by atoms with Crippen LogP contribution in [0.25, 0.3) is 11.1 Å². The third-order valence-corrected chi connectivity index (χ3v) is 6.51. The van der Waals surface area contributed by atoms with Gasteiger partial charge in [0.05, 0.1) is 5.92 Å². The van der Waals surface area contributed by atoms with Crippen molar-refractivity contribution in [3.63, 3.8) is 0 Å². The van der Waals surface area contributed by atoms with Crippen molar-refractivity contribution in [1.82, 2.24) is 0 Å². The van der Waals surface area contributed by atoms with Crippen LogP contribution in [-0.4, -0.2) is 24.2 Å². The average molecular weight is 378 g/mol. The van der Waals surface area contributed by atoms with Crippen molar-refractivity contribution in [3.05, 3.63) is 53.1 Å². The van der Waals surface area contributed by atoms with Crippen LogP contribution in [-0.2, 0) is 17.6 Å². The Balaban J connectivity index is 1.72. The van der Waals surface area contributed by atoms with E-state index >= 15 is 0 Å². The predicted octanol–water partition coefficient (Wildman–Crippen LogP) is 5.51. The van der Waals surface area contributed by atoms with Crippen molar-refractivity contribution in [2.75, 3.05) is 18.0 Å². The molecule has 0 unspecified atom stereocenters. The summed E-state index contributed by atoms with van der Waals surface area (Å²) in [4.78, 5) is 13.3. The number of hydrogen-bond donors (Lipinski definition) is 1. The van der Waals surface area contributed by atoms with Gasteiger partial charge in [-0.2, -0.15) is 0 Å². The van der Waals surface area contributed by atoms with Crippen LogP contribution in [0.5, 0.6) is 0 Å². The molecule has 1 aliphatic carbocycles. The molecule has 1 N–H and O–H groups in total. The van der Waals surface area contributed by atoms with E-state index in [4.69, 9.17) is 5.11 Å². The topological polar surface area (TPSA) is 40.5 Å². The molecule has 0 saturated carbocycles. The first-order valence-corrected chi connectivity index (χ1v) is 10.5. The number of benzene rings is 2. The Hall–Kier alpha value is -2.29. The van der Waals surface area contributed by atoms with Crippen molar-refractivity contribution in [2.45, 2.75) is 52.9 Å². The number of fused-ring (bicyclic) bond motifs is 1. The number of carboxylic acids is 1. The summed E-state index contributed by atoms with van der Waals surface area (Å²) in [6, 6.07) is 13.5. The van der Waals surface area contributed by atoms with Gasteiger partial charge in [0, 0.05) is 18.8 Å². The SMILES string of the molecule is CC(C)c1cc2c(c(-c3cccc(N4CC(C(=O)O)C4)c3)c1)CCC(C)(C)C2. The Morgan fingerprint density at radius 3 is 2.61 bits per heavy atom. The van der Waals surface area contributed by atoms with Gasteiger partial charge < -0.3 is 10.0 Å². The van der Waals surface area contributed by atoms with E-state index in [-0.39, 0.29) is 5.92 Å². The summed E-state index contributed by atoms with van der Waals surface area (Å²) in [5.41, 5.74) is 8.56. The fourth-order valence-electron chi connectivity index (χ4n) is 4.58. The van der Waals surface area contributed by atoms with Crippen LogP contribution < -0.4 is 4.90 Å². The zero-order chi connectivity index (χ0) is 20.1. The van der Waals surface area contributed by atoms with Crippen LogP contribution >= 0.6 is 0 Å². The third-order valence-electron chi connectivity index (χ3n) is 6.51. The number of aliphatic carboxylic acids is 1. The van der Waals surface area contributed by atoms with Crippen molar-refractivity contribution >= 4 is 11.7 Å². The minimum atomic E-state index is -0.686. The van der Waals surface area contributed by atoms with Crippen LogP contribution in [0.1, 0.15) is 56.7 Å². The molecule has 3 heteroatoms. The van der Waals surface area contributed by atoms with E-state index in [0.29, 0.717) is 24.4 Å². The maximum Gasteiger partial charge on any atom is 0.310 e. The molecule has 4 rings (SSSR count). The molecule has 0 spiro atoms. The summed E-state index contributed by atoms with van der Waals surface area (Å²) < 4.78 is 0. The summed E-state index contributed by atoms with van der Waals surface area (Å²) in [5.74, 6) is -0.416. The standard InChI is InChI=1S/C25H31NO2/c1-16(2)18-10-19-13-25(3,4)9-8-22(19)23(12-18)17-6-5-7-21(11-17)26-14-20(15-26)24(27)28/h5-7,10-12,16,20H,8-9,13-15H2,1-4H3,(H,27,28). The number of hydrogen-bond acceptors (Lipinski definition) is 2. The molecular formula is C25H31NO2. The summed E-state index contributed by atoms with van der Waals surface area (Å²) >= 11 is 0. The number of rotatable bonds is 4. The maximum atomic E-state index is 11.1. The molecule has 1 heterocycles. The van der Waals surface area contributed by atoms with Gasteiger partial charge in [0.25, 0.3) is 0 Å². The largest absolute Gasteiger partial charge is 0.481 e. The van der Waals surface area contributed by atoms with Gasteiger partial charge >= 0.3 is 5.97 Å². The van der Waals surface area contributed by atoms with E-state index in [9.17, 15) is 4.79 Å². The lowest BCUT2D eigenvalue weighted by molar-refractivity contribution is -0.142. The highest BCUT2D eigenvalue weighted by Crippen LogP contribution is 2.41. The molecule has 1 saturated heterocycles. The van der Waals surface area contributed by atoms with E-state index in [1.54, 1.807) is 0 Å². The molecule has 0 bridgehead atoms. The van der Waals surface area contributed by atoms with Gasteiger partial charge in [-0.05, 0) is 70.5 Å². The maximum absolute atomic E-state index is 11.1. The Labute approximate surface area is 168 Å². The molecule has 2 aromatic carbocycles. The average Bonchev–Trinajstić information content (AvgIpc) is 2.58. The summed E-state index contributed by atoms with van der Waals surface area (Å²) in [5, 5.41) is 9.16. The molecule has 1 fully saturated rings. The lowest BCUT2D eigenvalue weighted by Crippen LogP contribution is -2.50. The van der Waals surface area contributed by atoms with Gasteiger partial charge in [0.15, 0.2) is 0 Å².